The molecule has 1 aromatic heterocycles. The first-order chi connectivity index (χ1) is 8.70. The van der Waals surface area contributed by atoms with Crippen LogP contribution in [0.2, 0.25) is 0 Å². The van der Waals surface area contributed by atoms with Crippen molar-refractivity contribution in [3.8, 4) is 0 Å². The molecule has 1 aromatic rings. The Hall–Kier alpha value is -0.900. The molecule has 1 N–H and O–H groups in total. The van der Waals surface area contributed by atoms with Gasteiger partial charge in [0, 0.05) is 6.04 Å². The van der Waals surface area contributed by atoms with Gasteiger partial charge in [-0.3, -0.25) is 0 Å². The van der Waals surface area contributed by atoms with Crippen LogP contribution in [0.4, 0.5) is 0 Å². The van der Waals surface area contributed by atoms with Crippen molar-refractivity contribution in [3.63, 3.8) is 0 Å². The van der Waals surface area contributed by atoms with Crippen molar-refractivity contribution in [1.29, 1.82) is 0 Å². The maximum Gasteiger partial charge on any atom is 0.141 e. The molecule has 0 aromatic carbocycles. The van der Waals surface area contributed by atoms with Gasteiger partial charge < -0.3 is 5.32 Å². The van der Waals surface area contributed by atoms with Gasteiger partial charge in [-0.05, 0) is 31.6 Å². The third-order valence-electron chi connectivity index (χ3n) is 4.06. The van der Waals surface area contributed by atoms with E-state index in [0.29, 0.717) is 12.1 Å². The number of hydrogen-bond donors (Lipinski definition) is 1. The Kier molecular flexibility index (Phi) is 4.75. The monoisotopic (exact) mass is 250 g/mol. The number of nitrogens with zero attached hydrogens (tertiary/aromatic N) is 3. The lowest BCUT2D eigenvalue weighted by Crippen LogP contribution is -2.26. The molecule has 0 amide bonds. The molecule has 0 spiro atoms. The van der Waals surface area contributed by atoms with Crippen molar-refractivity contribution in [2.75, 3.05) is 0 Å². The van der Waals surface area contributed by atoms with Gasteiger partial charge in [-0.2, -0.15) is 5.10 Å². The Bertz CT molecular complexity index is 350. The average molecular weight is 250 g/mol. The summed E-state index contributed by atoms with van der Waals surface area (Å²) in [5.41, 5.74) is 0. The Balaban J connectivity index is 1.95. The molecule has 4 nitrogen and oxygen atoms in total. The van der Waals surface area contributed by atoms with Gasteiger partial charge in [0.05, 0.1) is 12.6 Å². The van der Waals surface area contributed by atoms with Gasteiger partial charge in [-0.25, -0.2) is 9.67 Å². The van der Waals surface area contributed by atoms with E-state index in [1.165, 1.54) is 32.1 Å². The van der Waals surface area contributed by atoms with E-state index in [0.717, 1.165) is 18.3 Å². The summed E-state index contributed by atoms with van der Waals surface area (Å²) >= 11 is 0. The average Bonchev–Trinajstić information content (AvgIpc) is 2.85. The first-order valence-electron chi connectivity index (χ1n) is 7.32. The van der Waals surface area contributed by atoms with E-state index >= 15 is 0 Å². The molecule has 1 saturated carbocycles. The summed E-state index contributed by atoms with van der Waals surface area (Å²) in [4.78, 5) is 4.39. The fourth-order valence-electron chi connectivity index (χ4n) is 2.80. The van der Waals surface area contributed by atoms with Crippen LogP contribution in [0.3, 0.4) is 0 Å². The van der Waals surface area contributed by atoms with E-state index in [9.17, 15) is 0 Å². The molecule has 1 heterocycles. The maximum absolute atomic E-state index is 4.43. The quantitative estimate of drug-likeness (QED) is 0.873. The van der Waals surface area contributed by atoms with Crippen LogP contribution in [0.5, 0.6) is 0 Å². The molecule has 0 atom stereocenters. The summed E-state index contributed by atoms with van der Waals surface area (Å²) in [6.45, 7) is 7.45. The van der Waals surface area contributed by atoms with E-state index < -0.39 is 0 Å². The maximum atomic E-state index is 4.43. The van der Waals surface area contributed by atoms with E-state index in [-0.39, 0.29) is 0 Å². The molecule has 0 unspecified atom stereocenters. The molecule has 0 saturated heterocycles. The molecule has 4 heteroatoms. The SMILES string of the molecule is CCC1CCC(n2ncnc2CNC(C)C)CC1. The summed E-state index contributed by atoms with van der Waals surface area (Å²) in [7, 11) is 0. The minimum Gasteiger partial charge on any atom is -0.308 e. The fraction of sp³-hybridized carbons (Fsp3) is 0.857. The molecule has 1 aliphatic rings. The predicted octanol–water partition coefficient (Wildman–Crippen LogP) is 2.92. The number of aromatic nitrogens is 3. The standard InChI is InChI=1S/C14H26N4/c1-4-12-5-7-13(8-6-12)18-14(16-10-17-18)9-15-11(2)3/h10-13,15H,4-9H2,1-3H3. The molecule has 1 aliphatic carbocycles. The van der Waals surface area contributed by atoms with E-state index in [2.05, 4.69) is 40.9 Å². The largest absolute Gasteiger partial charge is 0.308 e. The summed E-state index contributed by atoms with van der Waals surface area (Å²) < 4.78 is 2.15. The fourth-order valence-corrected chi connectivity index (χ4v) is 2.80. The highest BCUT2D eigenvalue weighted by molar-refractivity contribution is 4.89. The van der Waals surface area contributed by atoms with Gasteiger partial charge in [0.25, 0.3) is 0 Å². The van der Waals surface area contributed by atoms with Crippen molar-refractivity contribution in [2.24, 2.45) is 5.92 Å². The summed E-state index contributed by atoms with van der Waals surface area (Å²) in [6, 6.07) is 1.06. The van der Waals surface area contributed by atoms with Crippen LogP contribution >= 0.6 is 0 Å². The highest BCUT2D eigenvalue weighted by atomic mass is 15.4. The van der Waals surface area contributed by atoms with Crippen molar-refractivity contribution in [2.45, 2.75) is 71.5 Å². The lowest BCUT2D eigenvalue weighted by atomic mass is 9.84. The molecule has 102 valence electrons. The van der Waals surface area contributed by atoms with Crippen molar-refractivity contribution < 1.29 is 0 Å². The molecular formula is C14H26N4. The van der Waals surface area contributed by atoms with Crippen LogP contribution in [0.25, 0.3) is 0 Å². The Morgan fingerprint density at radius 1 is 1.33 bits per heavy atom. The van der Waals surface area contributed by atoms with Crippen molar-refractivity contribution >= 4 is 0 Å². The minimum atomic E-state index is 0.492. The second kappa shape index (κ2) is 6.32. The van der Waals surface area contributed by atoms with Gasteiger partial charge in [0.15, 0.2) is 0 Å². The predicted molar refractivity (Wildman–Crippen MR) is 73.3 cm³/mol. The van der Waals surface area contributed by atoms with Crippen molar-refractivity contribution in [1.82, 2.24) is 20.1 Å². The first-order valence-corrected chi connectivity index (χ1v) is 7.32. The summed E-state index contributed by atoms with van der Waals surface area (Å²) in [6.07, 6.45) is 8.23. The first kappa shape index (κ1) is 13.5. The van der Waals surface area contributed by atoms with Gasteiger partial charge >= 0.3 is 0 Å². The van der Waals surface area contributed by atoms with Gasteiger partial charge in [-0.1, -0.05) is 27.2 Å². The third kappa shape index (κ3) is 3.31. The molecule has 1 fully saturated rings. The highest BCUT2D eigenvalue weighted by Gasteiger charge is 2.23. The zero-order valence-corrected chi connectivity index (χ0v) is 11.9. The minimum absolute atomic E-state index is 0.492. The zero-order chi connectivity index (χ0) is 13.0. The highest BCUT2D eigenvalue weighted by Crippen LogP contribution is 2.33. The van der Waals surface area contributed by atoms with Crippen LogP contribution in [0.1, 0.15) is 64.7 Å². The van der Waals surface area contributed by atoms with Crippen LogP contribution in [-0.2, 0) is 6.54 Å². The van der Waals surface area contributed by atoms with Crippen LogP contribution in [0.15, 0.2) is 6.33 Å². The second-order valence-electron chi connectivity index (χ2n) is 5.74. The smallest absolute Gasteiger partial charge is 0.141 e. The van der Waals surface area contributed by atoms with E-state index in [4.69, 9.17) is 0 Å². The van der Waals surface area contributed by atoms with E-state index in [1.807, 2.05) is 0 Å². The molecule has 0 radical (unpaired) electrons. The lowest BCUT2D eigenvalue weighted by molar-refractivity contribution is 0.250. The van der Waals surface area contributed by atoms with Gasteiger partial charge in [0.1, 0.15) is 12.2 Å². The number of rotatable bonds is 5. The normalized spacial score (nSPS) is 24.7. The molecule has 0 aliphatic heterocycles. The summed E-state index contributed by atoms with van der Waals surface area (Å²) in [5, 5.41) is 7.86. The molecule has 18 heavy (non-hydrogen) atoms. The van der Waals surface area contributed by atoms with Crippen LogP contribution < -0.4 is 5.32 Å². The van der Waals surface area contributed by atoms with Crippen molar-refractivity contribution in [3.05, 3.63) is 12.2 Å². The molecule has 2 rings (SSSR count). The Labute approximate surface area is 110 Å². The van der Waals surface area contributed by atoms with Crippen LogP contribution in [-0.4, -0.2) is 20.8 Å². The summed E-state index contributed by atoms with van der Waals surface area (Å²) in [5.74, 6) is 2.02. The second-order valence-corrected chi connectivity index (χ2v) is 5.74. The zero-order valence-electron chi connectivity index (χ0n) is 11.9. The lowest BCUT2D eigenvalue weighted by Gasteiger charge is -2.28. The van der Waals surface area contributed by atoms with Crippen LogP contribution in [0, 0.1) is 5.92 Å². The van der Waals surface area contributed by atoms with Gasteiger partial charge in [-0.15, -0.1) is 0 Å². The van der Waals surface area contributed by atoms with E-state index in [1.54, 1.807) is 6.33 Å². The topological polar surface area (TPSA) is 42.7 Å². The third-order valence-corrected chi connectivity index (χ3v) is 4.06. The van der Waals surface area contributed by atoms with Gasteiger partial charge in [0.2, 0.25) is 0 Å². The molecular weight excluding hydrogens is 224 g/mol. The number of hydrogen-bond acceptors (Lipinski definition) is 3. The Morgan fingerprint density at radius 3 is 2.67 bits per heavy atom. The molecule has 0 bridgehead atoms. The number of nitrogens with one attached hydrogen (secondary N) is 1. The Morgan fingerprint density at radius 2 is 2.06 bits per heavy atom.